The van der Waals surface area contributed by atoms with Crippen molar-refractivity contribution in [3.8, 4) is 40.1 Å². The average molecular weight is 386 g/mol. The van der Waals surface area contributed by atoms with Gasteiger partial charge in [0.15, 0.2) is 17.3 Å². The minimum Gasteiger partial charge on any atom is -0.504 e. The van der Waals surface area contributed by atoms with Gasteiger partial charge >= 0.3 is 5.97 Å². The Balaban J connectivity index is 2.34. The molecule has 2 aromatic carbocycles. The molecule has 0 atom stereocenters. The highest BCUT2D eigenvalue weighted by Gasteiger charge is 2.24. The molecule has 0 saturated heterocycles. The van der Waals surface area contributed by atoms with Gasteiger partial charge in [0.2, 0.25) is 16.9 Å². The number of methoxy groups -OCH3 is 3. The van der Waals surface area contributed by atoms with Crippen molar-refractivity contribution >= 4 is 16.9 Å². The second kappa shape index (κ2) is 7.51. The summed E-state index contributed by atoms with van der Waals surface area (Å²) in [6, 6.07) is 8.11. The van der Waals surface area contributed by atoms with E-state index in [-0.39, 0.29) is 34.0 Å². The van der Waals surface area contributed by atoms with Crippen LogP contribution in [0, 0.1) is 0 Å². The number of hydrogen-bond donors (Lipinski definition) is 1. The molecule has 0 bridgehead atoms. The fourth-order valence-corrected chi connectivity index (χ4v) is 2.82. The van der Waals surface area contributed by atoms with Crippen LogP contribution in [0.25, 0.3) is 22.3 Å². The van der Waals surface area contributed by atoms with Gasteiger partial charge in [0.1, 0.15) is 16.7 Å². The van der Waals surface area contributed by atoms with Crippen LogP contribution in [0.3, 0.4) is 0 Å². The SMILES string of the molecule is COc1ccc(-c2oc3cc(OC(C)=O)c(OC)c(O)c3c(=O)c2OC)cc1. The van der Waals surface area contributed by atoms with E-state index in [1.165, 1.54) is 27.2 Å². The van der Waals surface area contributed by atoms with Crippen molar-refractivity contribution in [2.75, 3.05) is 21.3 Å². The van der Waals surface area contributed by atoms with Crippen LogP contribution in [-0.2, 0) is 4.79 Å². The van der Waals surface area contributed by atoms with Gasteiger partial charge in [-0.25, -0.2) is 0 Å². The second-order valence-electron chi connectivity index (χ2n) is 5.75. The molecule has 0 aliphatic rings. The summed E-state index contributed by atoms with van der Waals surface area (Å²) in [6.07, 6.45) is 0. The van der Waals surface area contributed by atoms with Crippen molar-refractivity contribution in [3.05, 3.63) is 40.6 Å². The van der Waals surface area contributed by atoms with E-state index in [1.807, 2.05) is 0 Å². The lowest BCUT2D eigenvalue weighted by Crippen LogP contribution is -2.09. The summed E-state index contributed by atoms with van der Waals surface area (Å²) < 4.78 is 26.4. The topological polar surface area (TPSA) is 104 Å². The number of fused-ring (bicyclic) bond motifs is 1. The lowest BCUT2D eigenvalue weighted by molar-refractivity contribution is -0.132. The average Bonchev–Trinajstić information content (AvgIpc) is 2.67. The van der Waals surface area contributed by atoms with Gasteiger partial charge in [0.25, 0.3) is 0 Å². The zero-order valence-corrected chi connectivity index (χ0v) is 15.7. The summed E-state index contributed by atoms with van der Waals surface area (Å²) in [5.41, 5.74) is -0.0353. The van der Waals surface area contributed by atoms with Gasteiger partial charge in [-0.15, -0.1) is 0 Å². The van der Waals surface area contributed by atoms with E-state index in [0.29, 0.717) is 11.3 Å². The van der Waals surface area contributed by atoms with E-state index < -0.39 is 17.1 Å². The zero-order chi connectivity index (χ0) is 20.4. The van der Waals surface area contributed by atoms with Crippen molar-refractivity contribution in [1.29, 1.82) is 0 Å². The predicted octanol–water partition coefficient (Wildman–Crippen LogP) is 3.12. The molecule has 3 aromatic rings. The van der Waals surface area contributed by atoms with Crippen LogP contribution in [0.1, 0.15) is 6.92 Å². The number of esters is 1. The van der Waals surface area contributed by atoms with Gasteiger partial charge < -0.3 is 28.5 Å². The molecule has 0 spiro atoms. The lowest BCUT2D eigenvalue weighted by atomic mass is 10.1. The summed E-state index contributed by atoms with van der Waals surface area (Å²) in [4.78, 5) is 24.3. The minimum absolute atomic E-state index is 0.00571. The molecule has 0 fully saturated rings. The van der Waals surface area contributed by atoms with E-state index in [2.05, 4.69) is 0 Å². The number of benzene rings is 2. The number of rotatable bonds is 5. The summed E-state index contributed by atoms with van der Waals surface area (Å²) in [6.45, 7) is 1.20. The number of carbonyl (C=O) groups is 1. The number of carbonyl (C=O) groups excluding carboxylic acids is 1. The zero-order valence-electron chi connectivity index (χ0n) is 15.7. The first-order valence-electron chi connectivity index (χ1n) is 8.18. The Bertz CT molecular complexity index is 1100. The number of phenolic OH excluding ortho intramolecular Hbond substituents is 1. The van der Waals surface area contributed by atoms with E-state index >= 15 is 0 Å². The molecule has 0 amide bonds. The third-order valence-corrected chi connectivity index (χ3v) is 4.05. The molecule has 28 heavy (non-hydrogen) atoms. The maximum absolute atomic E-state index is 13.0. The highest BCUT2D eigenvalue weighted by Crippen LogP contribution is 2.44. The first-order valence-corrected chi connectivity index (χ1v) is 8.18. The predicted molar refractivity (Wildman–Crippen MR) is 101 cm³/mol. The minimum atomic E-state index is -0.622. The molecule has 1 aromatic heterocycles. The smallest absolute Gasteiger partial charge is 0.308 e. The monoisotopic (exact) mass is 386 g/mol. The third-order valence-electron chi connectivity index (χ3n) is 4.05. The highest BCUT2D eigenvalue weighted by molar-refractivity contribution is 5.92. The summed E-state index contributed by atoms with van der Waals surface area (Å²) in [7, 11) is 4.14. The molecule has 8 heteroatoms. The van der Waals surface area contributed by atoms with Gasteiger partial charge in [0, 0.05) is 18.6 Å². The molecule has 0 aliphatic carbocycles. The van der Waals surface area contributed by atoms with Crippen molar-refractivity contribution in [2.45, 2.75) is 6.92 Å². The summed E-state index contributed by atoms with van der Waals surface area (Å²) in [5.74, 6) is -0.669. The number of hydrogen-bond acceptors (Lipinski definition) is 8. The highest BCUT2D eigenvalue weighted by atomic mass is 16.6. The van der Waals surface area contributed by atoms with Crippen molar-refractivity contribution < 1.29 is 33.3 Å². The van der Waals surface area contributed by atoms with Gasteiger partial charge in [-0.05, 0) is 24.3 Å². The molecule has 0 unspecified atom stereocenters. The Morgan fingerprint density at radius 1 is 1.00 bits per heavy atom. The van der Waals surface area contributed by atoms with Gasteiger partial charge in [-0.1, -0.05) is 0 Å². The molecule has 146 valence electrons. The van der Waals surface area contributed by atoms with Crippen LogP contribution in [0.2, 0.25) is 0 Å². The summed E-state index contributed by atoms with van der Waals surface area (Å²) >= 11 is 0. The van der Waals surface area contributed by atoms with Crippen LogP contribution in [-0.4, -0.2) is 32.4 Å². The van der Waals surface area contributed by atoms with Crippen molar-refractivity contribution in [1.82, 2.24) is 0 Å². The Morgan fingerprint density at radius 3 is 2.18 bits per heavy atom. The van der Waals surface area contributed by atoms with Gasteiger partial charge in [0.05, 0.1) is 21.3 Å². The first kappa shape index (κ1) is 19.1. The molecule has 1 heterocycles. The molecule has 1 N–H and O–H groups in total. The second-order valence-corrected chi connectivity index (χ2v) is 5.75. The maximum atomic E-state index is 13.0. The molecular weight excluding hydrogens is 368 g/mol. The summed E-state index contributed by atoms with van der Waals surface area (Å²) in [5, 5.41) is 10.4. The van der Waals surface area contributed by atoms with E-state index in [1.54, 1.807) is 31.4 Å². The first-order chi connectivity index (χ1) is 13.4. The molecule has 0 aliphatic heterocycles. The number of aromatic hydroxyl groups is 1. The molecule has 0 radical (unpaired) electrons. The van der Waals surface area contributed by atoms with Gasteiger partial charge in [-0.2, -0.15) is 0 Å². The van der Waals surface area contributed by atoms with Crippen molar-refractivity contribution in [3.63, 3.8) is 0 Å². The third kappa shape index (κ3) is 3.20. The fourth-order valence-electron chi connectivity index (χ4n) is 2.82. The van der Waals surface area contributed by atoms with E-state index in [0.717, 1.165) is 0 Å². The van der Waals surface area contributed by atoms with Crippen LogP contribution >= 0.6 is 0 Å². The normalized spacial score (nSPS) is 10.6. The van der Waals surface area contributed by atoms with Gasteiger partial charge in [-0.3, -0.25) is 9.59 Å². The maximum Gasteiger partial charge on any atom is 0.308 e. The molecule has 3 rings (SSSR count). The fraction of sp³-hybridized carbons (Fsp3) is 0.200. The number of phenols is 1. The molecular formula is C20H18O8. The Kier molecular flexibility index (Phi) is 5.12. The molecule has 0 saturated carbocycles. The lowest BCUT2D eigenvalue weighted by Gasteiger charge is -2.14. The van der Waals surface area contributed by atoms with Crippen LogP contribution < -0.4 is 24.4 Å². The van der Waals surface area contributed by atoms with Crippen LogP contribution in [0.4, 0.5) is 0 Å². The largest absolute Gasteiger partial charge is 0.504 e. The van der Waals surface area contributed by atoms with Crippen molar-refractivity contribution in [2.24, 2.45) is 0 Å². The van der Waals surface area contributed by atoms with Crippen LogP contribution in [0.5, 0.6) is 28.7 Å². The van der Waals surface area contributed by atoms with E-state index in [9.17, 15) is 14.7 Å². The Hall–Kier alpha value is -3.68. The number of ether oxygens (including phenoxy) is 4. The molecule has 8 nitrogen and oxygen atoms in total. The Labute approximate surface area is 159 Å². The van der Waals surface area contributed by atoms with Crippen LogP contribution in [0.15, 0.2) is 39.5 Å². The quantitative estimate of drug-likeness (QED) is 0.527. The van der Waals surface area contributed by atoms with E-state index in [4.69, 9.17) is 23.4 Å². The Morgan fingerprint density at radius 2 is 1.64 bits per heavy atom. The standard InChI is InChI=1S/C20H18O8/c1-10(21)27-14-9-13-15(16(22)19(14)25-3)17(23)20(26-4)18(28-13)11-5-7-12(24-2)8-6-11/h5-9,22H,1-4H3.